The van der Waals surface area contributed by atoms with Crippen molar-refractivity contribution < 1.29 is 0 Å². The minimum Gasteiger partial charge on any atom is -0.311 e. The van der Waals surface area contributed by atoms with Gasteiger partial charge in [-0.05, 0) is 48.9 Å². The summed E-state index contributed by atoms with van der Waals surface area (Å²) in [6, 6.07) is 10.2. The van der Waals surface area contributed by atoms with Gasteiger partial charge in [0.15, 0.2) is 0 Å². The highest BCUT2D eigenvalue weighted by molar-refractivity contribution is 5.81. The van der Waals surface area contributed by atoms with Gasteiger partial charge in [0, 0.05) is 12.6 Å². The van der Waals surface area contributed by atoms with Crippen LogP contribution in [-0.4, -0.2) is 4.57 Å². The van der Waals surface area contributed by atoms with Crippen LogP contribution in [0.25, 0.3) is 10.9 Å². The second-order valence-electron chi connectivity index (χ2n) is 6.13. The van der Waals surface area contributed by atoms with Crippen molar-refractivity contribution in [1.29, 1.82) is 5.26 Å². The summed E-state index contributed by atoms with van der Waals surface area (Å²) >= 11 is 0. The molecule has 1 aromatic heterocycles. The molecule has 0 spiro atoms. The fraction of sp³-hybridized carbons (Fsp3) is 0.412. The largest absolute Gasteiger partial charge is 0.311 e. The third-order valence-electron chi connectivity index (χ3n) is 3.87. The predicted molar refractivity (Wildman–Crippen MR) is 81.9 cm³/mol. The minimum absolute atomic E-state index is 0.0960. The summed E-state index contributed by atoms with van der Waals surface area (Å²) in [5, 5.41) is 10.3. The number of hydrogen-bond donors (Lipinski definition) is 0. The molecule has 0 bridgehead atoms. The summed E-state index contributed by atoms with van der Waals surface area (Å²) < 4.78 is 1.63. The van der Waals surface area contributed by atoms with Crippen LogP contribution >= 0.6 is 0 Å². The van der Waals surface area contributed by atoms with Crippen molar-refractivity contribution in [3.8, 4) is 6.07 Å². The van der Waals surface area contributed by atoms with Crippen LogP contribution in [0.3, 0.4) is 0 Å². The fourth-order valence-electron chi connectivity index (χ4n) is 2.37. The van der Waals surface area contributed by atoms with Gasteiger partial charge in [-0.2, -0.15) is 5.26 Å². The number of pyridine rings is 1. The zero-order valence-corrected chi connectivity index (χ0v) is 12.7. The van der Waals surface area contributed by atoms with Gasteiger partial charge in [0.2, 0.25) is 0 Å². The van der Waals surface area contributed by atoms with E-state index in [1.165, 1.54) is 5.56 Å². The van der Waals surface area contributed by atoms with Crippen LogP contribution in [0.2, 0.25) is 0 Å². The molecule has 3 heteroatoms. The van der Waals surface area contributed by atoms with Crippen LogP contribution < -0.4 is 5.56 Å². The normalized spacial score (nSPS) is 11.8. The Morgan fingerprint density at radius 2 is 1.90 bits per heavy atom. The Balaban J connectivity index is 2.84. The summed E-state index contributed by atoms with van der Waals surface area (Å²) in [6.07, 6.45) is 0. The van der Waals surface area contributed by atoms with E-state index >= 15 is 0 Å². The zero-order valence-electron chi connectivity index (χ0n) is 12.7. The van der Waals surface area contributed by atoms with E-state index < -0.39 is 5.41 Å². The molecule has 1 heterocycles. The highest BCUT2D eigenvalue weighted by Crippen LogP contribution is 2.25. The molecule has 0 saturated heterocycles. The molecule has 0 aliphatic carbocycles. The molecule has 2 rings (SSSR count). The molecule has 0 saturated carbocycles. The molecular weight excluding hydrogens is 248 g/mol. The molecule has 0 aliphatic heterocycles. The topological polar surface area (TPSA) is 45.8 Å². The van der Waals surface area contributed by atoms with Crippen LogP contribution in [0.1, 0.15) is 44.7 Å². The summed E-state index contributed by atoms with van der Waals surface area (Å²) in [7, 11) is 1.76. The van der Waals surface area contributed by atoms with E-state index in [0.717, 1.165) is 10.9 Å². The first kappa shape index (κ1) is 14.3. The van der Waals surface area contributed by atoms with E-state index in [1.807, 2.05) is 12.1 Å². The lowest BCUT2D eigenvalue weighted by atomic mass is 9.86. The van der Waals surface area contributed by atoms with E-state index in [-0.39, 0.29) is 5.56 Å². The van der Waals surface area contributed by atoms with Gasteiger partial charge in [0.25, 0.3) is 5.56 Å². The van der Waals surface area contributed by atoms with Gasteiger partial charge in [-0.3, -0.25) is 4.79 Å². The number of rotatable bonds is 2. The smallest absolute Gasteiger partial charge is 0.255 e. The zero-order chi connectivity index (χ0) is 15.1. The summed E-state index contributed by atoms with van der Waals surface area (Å²) in [5.41, 5.74) is 1.81. The molecule has 104 valence electrons. The lowest BCUT2D eigenvalue weighted by Crippen LogP contribution is -2.30. The number of hydrogen-bond acceptors (Lipinski definition) is 2. The van der Waals surface area contributed by atoms with E-state index in [4.69, 9.17) is 0 Å². The minimum atomic E-state index is -0.781. The first-order chi connectivity index (χ1) is 9.27. The third kappa shape index (κ3) is 2.22. The molecule has 3 nitrogen and oxygen atoms in total. The Kier molecular flexibility index (Phi) is 3.43. The number of benzene rings is 1. The molecule has 1 aromatic carbocycles. The van der Waals surface area contributed by atoms with Crippen LogP contribution in [0.4, 0.5) is 0 Å². The second kappa shape index (κ2) is 4.79. The van der Waals surface area contributed by atoms with Gasteiger partial charge >= 0.3 is 0 Å². The monoisotopic (exact) mass is 268 g/mol. The SMILES string of the molecule is CC(C)c1ccc2c(c1)cc(C(C)(C)C#N)c(=O)n2C. The Bertz CT molecular complexity index is 761. The maximum absolute atomic E-state index is 12.4. The lowest BCUT2D eigenvalue weighted by molar-refractivity contribution is 0.665. The molecule has 0 N–H and O–H groups in total. The fourth-order valence-corrected chi connectivity index (χ4v) is 2.37. The maximum atomic E-state index is 12.4. The average Bonchev–Trinajstić information content (AvgIpc) is 2.41. The van der Waals surface area contributed by atoms with E-state index in [1.54, 1.807) is 25.5 Å². The van der Waals surface area contributed by atoms with Crippen molar-refractivity contribution >= 4 is 10.9 Å². The van der Waals surface area contributed by atoms with Crippen molar-refractivity contribution in [2.24, 2.45) is 7.05 Å². The van der Waals surface area contributed by atoms with E-state index in [2.05, 4.69) is 32.0 Å². The van der Waals surface area contributed by atoms with Gasteiger partial charge < -0.3 is 4.57 Å². The lowest BCUT2D eigenvalue weighted by Gasteiger charge is -2.18. The van der Waals surface area contributed by atoms with Crippen LogP contribution in [0, 0.1) is 11.3 Å². The molecule has 0 fully saturated rings. The molecular formula is C17H20N2O. The second-order valence-corrected chi connectivity index (χ2v) is 6.13. The van der Waals surface area contributed by atoms with Crippen LogP contribution in [0.15, 0.2) is 29.1 Å². The predicted octanol–water partition coefficient (Wildman–Crippen LogP) is 3.46. The summed E-state index contributed by atoms with van der Waals surface area (Å²) in [5.74, 6) is 0.434. The van der Waals surface area contributed by atoms with E-state index in [0.29, 0.717) is 11.5 Å². The molecule has 20 heavy (non-hydrogen) atoms. The molecule has 2 aromatic rings. The third-order valence-corrected chi connectivity index (χ3v) is 3.87. The Hall–Kier alpha value is -2.08. The number of aryl methyl sites for hydroxylation is 1. The molecule has 0 amide bonds. The first-order valence-corrected chi connectivity index (χ1v) is 6.83. The quantitative estimate of drug-likeness (QED) is 0.837. The van der Waals surface area contributed by atoms with Crippen LogP contribution in [-0.2, 0) is 12.5 Å². The molecule has 0 aliphatic rings. The van der Waals surface area contributed by atoms with Gasteiger partial charge in [-0.15, -0.1) is 0 Å². The van der Waals surface area contributed by atoms with Crippen molar-refractivity contribution in [3.63, 3.8) is 0 Å². The highest BCUT2D eigenvalue weighted by atomic mass is 16.1. The van der Waals surface area contributed by atoms with Crippen molar-refractivity contribution in [3.05, 3.63) is 45.7 Å². The van der Waals surface area contributed by atoms with Gasteiger partial charge in [0.05, 0.1) is 17.0 Å². The van der Waals surface area contributed by atoms with E-state index in [9.17, 15) is 10.1 Å². The van der Waals surface area contributed by atoms with Gasteiger partial charge in [-0.25, -0.2) is 0 Å². The summed E-state index contributed by atoms with van der Waals surface area (Å²) in [6.45, 7) is 7.84. The number of aromatic nitrogens is 1. The standard InChI is InChI=1S/C17H20N2O/c1-11(2)12-6-7-15-13(8-12)9-14(16(20)19(15)5)17(3,4)10-18/h6-9,11H,1-5H3. The molecule has 0 atom stereocenters. The highest BCUT2D eigenvalue weighted by Gasteiger charge is 2.24. The summed E-state index contributed by atoms with van der Waals surface area (Å²) in [4.78, 5) is 12.4. The number of nitriles is 1. The number of fused-ring (bicyclic) bond motifs is 1. The molecule has 0 radical (unpaired) electrons. The maximum Gasteiger partial charge on any atom is 0.255 e. The molecule has 0 unspecified atom stereocenters. The van der Waals surface area contributed by atoms with Crippen molar-refractivity contribution in [1.82, 2.24) is 4.57 Å². The van der Waals surface area contributed by atoms with Crippen LogP contribution in [0.5, 0.6) is 0 Å². The van der Waals surface area contributed by atoms with Crippen molar-refractivity contribution in [2.75, 3.05) is 0 Å². The average molecular weight is 268 g/mol. The van der Waals surface area contributed by atoms with Crippen molar-refractivity contribution in [2.45, 2.75) is 39.0 Å². The van der Waals surface area contributed by atoms with Gasteiger partial charge in [-0.1, -0.05) is 19.9 Å². The Labute approximate surface area is 119 Å². The number of nitrogens with zero attached hydrogens (tertiary/aromatic N) is 2. The van der Waals surface area contributed by atoms with Gasteiger partial charge in [0.1, 0.15) is 0 Å². The first-order valence-electron chi connectivity index (χ1n) is 6.83. The Morgan fingerprint density at radius 1 is 1.25 bits per heavy atom. The Morgan fingerprint density at radius 3 is 2.45 bits per heavy atom.